The number of nitrogens with one attached hydrogen (secondary N) is 1. The van der Waals surface area contributed by atoms with E-state index in [1.807, 2.05) is 0 Å². The van der Waals surface area contributed by atoms with E-state index in [0.29, 0.717) is 5.92 Å². The van der Waals surface area contributed by atoms with Crippen molar-refractivity contribution in [3.63, 3.8) is 0 Å². The Kier molecular flexibility index (Phi) is 5.87. The summed E-state index contributed by atoms with van der Waals surface area (Å²) in [5, 5.41) is 3.75. The zero-order valence-corrected chi connectivity index (χ0v) is 14.4. The molecule has 0 aromatic heterocycles. The van der Waals surface area contributed by atoms with Crippen LogP contribution in [0.2, 0.25) is 0 Å². The van der Waals surface area contributed by atoms with Crippen molar-refractivity contribution in [1.29, 1.82) is 0 Å². The van der Waals surface area contributed by atoms with Gasteiger partial charge in [0.15, 0.2) is 0 Å². The third kappa shape index (κ3) is 5.47. The molecule has 21 heavy (non-hydrogen) atoms. The quantitative estimate of drug-likeness (QED) is 0.727. The van der Waals surface area contributed by atoms with E-state index in [1.165, 1.54) is 49.7 Å². The first kappa shape index (κ1) is 16.5. The Labute approximate surface area is 131 Å². The van der Waals surface area contributed by atoms with E-state index in [4.69, 9.17) is 0 Å². The highest BCUT2D eigenvalue weighted by molar-refractivity contribution is 5.25. The molecule has 1 unspecified atom stereocenters. The lowest BCUT2D eigenvalue weighted by atomic mass is 9.80. The summed E-state index contributed by atoms with van der Waals surface area (Å²) in [6.45, 7) is 10.1. The second-order valence-corrected chi connectivity index (χ2v) is 7.90. The topological polar surface area (TPSA) is 12.0 Å². The standard InChI is InChI=1S/C20H33N/c1-16-11-13-18(14-12-16)19(15-21-20(2,3)4)17-9-7-5-6-8-10-17/h11-14,17,19,21H,5-10,15H2,1-4H3. The van der Waals surface area contributed by atoms with E-state index in [2.05, 4.69) is 57.3 Å². The van der Waals surface area contributed by atoms with E-state index in [-0.39, 0.29) is 5.54 Å². The van der Waals surface area contributed by atoms with Gasteiger partial charge in [0.05, 0.1) is 0 Å². The number of benzene rings is 1. The van der Waals surface area contributed by atoms with Gasteiger partial charge >= 0.3 is 0 Å². The van der Waals surface area contributed by atoms with Crippen molar-refractivity contribution in [2.45, 2.75) is 77.7 Å². The molecule has 0 saturated heterocycles. The Morgan fingerprint density at radius 1 is 1.00 bits per heavy atom. The van der Waals surface area contributed by atoms with Crippen molar-refractivity contribution in [1.82, 2.24) is 5.32 Å². The summed E-state index contributed by atoms with van der Waals surface area (Å²) >= 11 is 0. The Morgan fingerprint density at radius 2 is 1.57 bits per heavy atom. The van der Waals surface area contributed by atoms with E-state index in [1.54, 1.807) is 0 Å². The van der Waals surface area contributed by atoms with E-state index in [0.717, 1.165) is 12.5 Å². The summed E-state index contributed by atoms with van der Waals surface area (Å²) in [5.41, 5.74) is 3.10. The normalized spacial score (nSPS) is 19.2. The lowest BCUT2D eigenvalue weighted by Crippen LogP contribution is -2.40. The van der Waals surface area contributed by atoms with Crippen LogP contribution < -0.4 is 5.32 Å². The molecular formula is C20H33N. The van der Waals surface area contributed by atoms with E-state index >= 15 is 0 Å². The number of aryl methyl sites for hydroxylation is 1. The lowest BCUT2D eigenvalue weighted by Gasteiger charge is -2.31. The van der Waals surface area contributed by atoms with Gasteiger partial charge in [-0.15, -0.1) is 0 Å². The van der Waals surface area contributed by atoms with Crippen LogP contribution in [0.3, 0.4) is 0 Å². The average Bonchev–Trinajstić information content (AvgIpc) is 2.69. The van der Waals surface area contributed by atoms with Crippen LogP contribution in [0.15, 0.2) is 24.3 Å². The van der Waals surface area contributed by atoms with Gasteiger partial charge in [-0.1, -0.05) is 55.5 Å². The molecule has 1 fully saturated rings. The average molecular weight is 287 g/mol. The molecule has 0 radical (unpaired) electrons. The largest absolute Gasteiger partial charge is 0.311 e. The fourth-order valence-electron chi connectivity index (χ4n) is 3.50. The number of hydrogen-bond acceptors (Lipinski definition) is 1. The van der Waals surface area contributed by atoms with Crippen LogP contribution in [-0.4, -0.2) is 12.1 Å². The second kappa shape index (κ2) is 7.45. The summed E-state index contributed by atoms with van der Waals surface area (Å²) < 4.78 is 0. The molecule has 2 rings (SSSR count). The van der Waals surface area contributed by atoms with Gasteiger partial charge in [0.1, 0.15) is 0 Å². The summed E-state index contributed by atoms with van der Waals surface area (Å²) in [6.07, 6.45) is 8.52. The molecular weight excluding hydrogens is 254 g/mol. The van der Waals surface area contributed by atoms with Crippen molar-refractivity contribution in [3.05, 3.63) is 35.4 Å². The molecule has 0 amide bonds. The van der Waals surface area contributed by atoms with Crippen LogP contribution in [0.5, 0.6) is 0 Å². The highest BCUT2D eigenvalue weighted by Crippen LogP contribution is 2.35. The molecule has 0 bridgehead atoms. The molecule has 1 nitrogen and oxygen atoms in total. The van der Waals surface area contributed by atoms with Gasteiger partial charge < -0.3 is 5.32 Å². The smallest absolute Gasteiger partial charge is 0.00967 e. The fourth-order valence-corrected chi connectivity index (χ4v) is 3.50. The van der Waals surface area contributed by atoms with Crippen molar-refractivity contribution >= 4 is 0 Å². The molecule has 1 atom stereocenters. The SMILES string of the molecule is Cc1ccc(C(CNC(C)(C)C)C2CCCCCC2)cc1. The minimum absolute atomic E-state index is 0.202. The molecule has 1 aromatic carbocycles. The van der Waals surface area contributed by atoms with Crippen molar-refractivity contribution in [2.75, 3.05) is 6.54 Å². The minimum atomic E-state index is 0.202. The van der Waals surface area contributed by atoms with Gasteiger partial charge in [-0.3, -0.25) is 0 Å². The van der Waals surface area contributed by atoms with Crippen LogP contribution in [-0.2, 0) is 0 Å². The minimum Gasteiger partial charge on any atom is -0.311 e. The second-order valence-electron chi connectivity index (χ2n) is 7.90. The summed E-state index contributed by atoms with van der Waals surface area (Å²) in [4.78, 5) is 0. The predicted octanol–water partition coefficient (Wildman–Crippen LogP) is 5.44. The van der Waals surface area contributed by atoms with E-state index < -0.39 is 0 Å². The molecule has 0 spiro atoms. The van der Waals surface area contributed by atoms with Crippen molar-refractivity contribution < 1.29 is 0 Å². The molecule has 118 valence electrons. The summed E-state index contributed by atoms with van der Waals surface area (Å²) in [7, 11) is 0. The predicted molar refractivity (Wildman–Crippen MR) is 92.9 cm³/mol. The highest BCUT2D eigenvalue weighted by atomic mass is 14.9. The maximum absolute atomic E-state index is 3.75. The lowest BCUT2D eigenvalue weighted by molar-refractivity contribution is 0.324. The summed E-state index contributed by atoms with van der Waals surface area (Å²) in [5.74, 6) is 1.52. The first-order chi connectivity index (χ1) is 9.96. The number of hydrogen-bond donors (Lipinski definition) is 1. The molecule has 1 aliphatic carbocycles. The third-order valence-corrected chi connectivity index (χ3v) is 4.83. The maximum atomic E-state index is 3.75. The zero-order chi connectivity index (χ0) is 15.3. The van der Waals surface area contributed by atoms with Gasteiger partial charge in [-0.05, 0) is 57.9 Å². The van der Waals surface area contributed by atoms with Crippen LogP contribution in [0, 0.1) is 12.8 Å². The Morgan fingerprint density at radius 3 is 2.10 bits per heavy atom. The van der Waals surface area contributed by atoms with Gasteiger partial charge in [0.2, 0.25) is 0 Å². The van der Waals surface area contributed by atoms with Gasteiger partial charge in [0, 0.05) is 12.1 Å². The maximum Gasteiger partial charge on any atom is 0.00967 e. The van der Waals surface area contributed by atoms with Crippen molar-refractivity contribution in [2.24, 2.45) is 5.92 Å². The molecule has 1 N–H and O–H groups in total. The van der Waals surface area contributed by atoms with Gasteiger partial charge in [-0.25, -0.2) is 0 Å². The molecule has 1 aromatic rings. The molecule has 1 heteroatoms. The van der Waals surface area contributed by atoms with Crippen LogP contribution >= 0.6 is 0 Å². The first-order valence-electron chi connectivity index (χ1n) is 8.77. The van der Waals surface area contributed by atoms with E-state index in [9.17, 15) is 0 Å². The Bertz CT molecular complexity index is 404. The fraction of sp³-hybridized carbons (Fsp3) is 0.700. The molecule has 0 heterocycles. The number of rotatable bonds is 4. The monoisotopic (exact) mass is 287 g/mol. The molecule has 0 aliphatic heterocycles. The third-order valence-electron chi connectivity index (χ3n) is 4.83. The van der Waals surface area contributed by atoms with Crippen LogP contribution in [0.1, 0.15) is 76.3 Å². The van der Waals surface area contributed by atoms with Crippen LogP contribution in [0.4, 0.5) is 0 Å². The van der Waals surface area contributed by atoms with Crippen LogP contribution in [0.25, 0.3) is 0 Å². The Hall–Kier alpha value is -0.820. The van der Waals surface area contributed by atoms with Gasteiger partial charge in [0.25, 0.3) is 0 Å². The molecule has 1 aliphatic rings. The zero-order valence-electron chi connectivity index (χ0n) is 14.4. The van der Waals surface area contributed by atoms with Crippen molar-refractivity contribution in [3.8, 4) is 0 Å². The first-order valence-corrected chi connectivity index (χ1v) is 8.77. The summed E-state index contributed by atoms with van der Waals surface area (Å²) in [6, 6.07) is 9.26. The Balaban J connectivity index is 2.14. The van der Waals surface area contributed by atoms with Gasteiger partial charge in [-0.2, -0.15) is 0 Å². The highest BCUT2D eigenvalue weighted by Gasteiger charge is 2.25. The molecule has 1 saturated carbocycles.